The van der Waals surface area contributed by atoms with Crippen molar-refractivity contribution in [3.63, 3.8) is 0 Å². The van der Waals surface area contributed by atoms with Gasteiger partial charge < -0.3 is 9.47 Å². The van der Waals surface area contributed by atoms with Crippen molar-refractivity contribution in [2.45, 2.75) is 0 Å². The van der Waals surface area contributed by atoms with Crippen LogP contribution in [-0.4, -0.2) is 38.0 Å². The monoisotopic (exact) mass is 439 g/mol. The first-order valence-corrected chi connectivity index (χ1v) is 9.84. The molecule has 0 N–H and O–H groups in total. The number of carbonyl (C=O) groups is 4. The third-order valence-corrected chi connectivity index (χ3v) is 5.03. The Kier molecular flexibility index (Phi) is 5.75. The van der Waals surface area contributed by atoms with Crippen molar-refractivity contribution in [3.8, 4) is 11.8 Å². The average molecular weight is 439 g/mol. The van der Waals surface area contributed by atoms with Crippen LogP contribution in [0.2, 0.25) is 0 Å². The lowest BCUT2D eigenvalue weighted by Crippen LogP contribution is -2.30. The van der Waals surface area contributed by atoms with Crippen LogP contribution in [0.3, 0.4) is 0 Å². The van der Waals surface area contributed by atoms with Crippen LogP contribution in [0, 0.1) is 11.8 Å². The Hall–Kier alpha value is -4.70. The Bertz CT molecular complexity index is 1330. The second-order valence-corrected chi connectivity index (χ2v) is 7.07. The summed E-state index contributed by atoms with van der Waals surface area (Å²) in [5.74, 6) is 3.39. The van der Waals surface area contributed by atoms with E-state index in [2.05, 4.69) is 11.8 Å². The number of nitrogens with zero attached hydrogens (tertiary/aromatic N) is 1. The van der Waals surface area contributed by atoms with Crippen molar-refractivity contribution >= 4 is 29.4 Å². The Morgan fingerprint density at radius 2 is 1.27 bits per heavy atom. The fourth-order valence-electron chi connectivity index (χ4n) is 3.43. The van der Waals surface area contributed by atoms with E-state index >= 15 is 0 Å². The number of esters is 2. The van der Waals surface area contributed by atoms with Crippen molar-refractivity contribution in [2.24, 2.45) is 0 Å². The molecule has 162 valence electrons. The molecule has 0 saturated heterocycles. The van der Waals surface area contributed by atoms with Crippen molar-refractivity contribution in [2.75, 3.05) is 19.1 Å². The smallest absolute Gasteiger partial charge is 0.337 e. The van der Waals surface area contributed by atoms with Crippen LogP contribution in [0.25, 0.3) is 0 Å². The van der Waals surface area contributed by atoms with E-state index in [1.807, 2.05) is 30.3 Å². The number of hydrogen-bond acceptors (Lipinski definition) is 6. The second kappa shape index (κ2) is 8.81. The molecule has 0 atom stereocenters. The summed E-state index contributed by atoms with van der Waals surface area (Å²) in [5.41, 5.74) is 1.83. The summed E-state index contributed by atoms with van der Waals surface area (Å²) in [6.07, 6.45) is 0. The highest BCUT2D eigenvalue weighted by Crippen LogP contribution is 2.31. The van der Waals surface area contributed by atoms with Crippen LogP contribution >= 0.6 is 0 Å². The molecule has 0 aromatic heterocycles. The molecular formula is C26H17NO6. The Morgan fingerprint density at radius 1 is 0.697 bits per heavy atom. The summed E-state index contributed by atoms with van der Waals surface area (Å²) in [6.45, 7) is 0. The normalized spacial score (nSPS) is 12.0. The summed E-state index contributed by atoms with van der Waals surface area (Å²) < 4.78 is 9.44. The van der Waals surface area contributed by atoms with E-state index in [0.717, 1.165) is 10.5 Å². The van der Waals surface area contributed by atoms with Gasteiger partial charge in [-0.1, -0.05) is 30.0 Å². The highest BCUT2D eigenvalue weighted by Gasteiger charge is 2.37. The number of rotatable bonds is 3. The molecule has 1 aliphatic rings. The van der Waals surface area contributed by atoms with Crippen molar-refractivity contribution in [1.29, 1.82) is 0 Å². The SMILES string of the molecule is COC(=O)c1cc(C(=O)OC)cc(N2C(=O)c3ccc(C#Cc4ccccc4)cc3C2=O)c1. The van der Waals surface area contributed by atoms with Crippen LogP contribution in [-0.2, 0) is 9.47 Å². The van der Waals surface area contributed by atoms with Gasteiger partial charge in [-0.05, 0) is 48.5 Å². The quantitative estimate of drug-likeness (QED) is 0.353. The number of imide groups is 1. The van der Waals surface area contributed by atoms with Crippen molar-refractivity contribution in [1.82, 2.24) is 0 Å². The van der Waals surface area contributed by atoms with Crippen LogP contribution < -0.4 is 4.90 Å². The molecule has 0 spiro atoms. The van der Waals surface area contributed by atoms with Gasteiger partial charge in [0.1, 0.15) is 0 Å². The molecule has 7 heteroatoms. The molecule has 0 saturated carbocycles. The van der Waals surface area contributed by atoms with Gasteiger partial charge in [-0.3, -0.25) is 9.59 Å². The number of benzene rings is 3. The summed E-state index contributed by atoms with van der Waals surface area (Å²) in [5, 5.41) is 0. The van der Waals surface area contributed by atoms with E-state index < -0.39 is 23.8 Å². The highest BCUT2D eigenvalue weighted by molar-refractivity contribution is 6.34. The molecule has 3 aromatic rings. The molecule has 0 bridgehead atoms. The van der Waals surface area contributed by atoms with Crippen molar-refractivity contribution in [3.05, 3.63) is 100 Å². The number of ether oxygens (including phenoxy) is 2. The minimum absolute atomic E-state index is 0.00127. The fourth-order valence-corrected chi connectivity index (χ4v) is 3.43. The highest BCUT2D eigenvalue weighted by atomic mass is 16.5. The number of anilines is 1. The summed E-state index contributed by atoms with van der Waals surface area (Å²) in [7, 11) is 2.37. The lowest BCUT2D eigenvalue weighted by Gasteiger charge is -2.16. The van der Waals surface area contributed by atoms with E-state index in [9.17, 15) is 19.2 Å². The van der Waals surface area contributed by atoms with Gasteiger partial charge in [0.15, 0.2) is 0 Å². The molecule has 33 heavy (non-hydrogen) atoms. The van der Waals surface area contributed by atoms with E-state index in [1.54, 1.807) is 12.1 Å². The average Bonchev–Trinajstić information content (AvgIpc) is 3.11. The molecule has 4 rings (SSSR count). The van der Waals surface area contributed by atoms with Gasteiger partial charge in [-0.25, -0.2) is 14.5 Å². The molecular weight excluding hydrogens is 422 g/mol. The fraction of sp³-hybridized carbons (Fsp3) is 0.0769. The van der Waals surface area contributed by atoms with Crippen LogP contribution in [0.4, 0.5) is 5.69 Å². The molecule has 7 nitrogen and oxygen atoms in total. The molecule has 0 fully saturated rings. The van der Waals surface area contributed by atoms with Gasteiger partial charge in [0.25, 0.3) is 11.8 Å². The number of amides is 2. The minimum Gasteiger partial charge on any atom is -0.465 e. The first kappa shape index (κ1) is 21.5. The molecule has 2 amide bonds. The molecule has 0 unspecified atom stereocenters. The van der Waals surface area contributed by atoms with Crippen LogP contribution in [0.5, 0.6) is 0 Å². The zero-order valence-corrected chi connectivity index (χ0v) is 17.7. The van der Waals surface area contributed by atoms with Crippen molar-refractivity contribution < 1.29 is 28.7 Å². The van der Waals surface area contributed by atoms with Gasteiger partial charge in [-0.15, -0.1) is 0 Å². The predicted octanol–water partition coefficient (Wildman–Crippen LogP) is 3.46. The molecule has 1 aliphatic heterocycles. The van der Waals surface area contributed by atoms with Gasteiger partial charge in [-0.2, -0.15) is 0 Å². The largest absolute Gasteiger partial charge is 0.465 e. The van der Waals surface area contributed by atoms with E-state index in [-0.39, 0.29) is 27.9 Å². The minimum atomic E-state index is -0.725. The Morgan fingerprint density at radius 3 is 1.88 bits per heavy atom. The molecule has 1 heterocycles. The first-order valence-electron chi connectivity index (χ1n) is 9.84. The maximum atomic E-state index is 13.2. The number of fused-ring (bicyclic) bond motifs is 1. The Balaban J connectivity index is 1.73. The van der Waals surface area contributed by atoms with E-state index in [1.165, 1.54) is 38.5 Å². The van der Waals surface area contributed by atoms with Gasteiger partial charge in [0, 0.05) is 11.1 Å². The molecule has 0 aliphatic carbocycles. The zero-order valence-electron chi connectivity index (χ0n) is 17.7. The third-order valence-electron chi connectivity index (χ3n) is 5.03. The van der Waals surface area contributed by atoms with Gasteiger partial charge in [0.2, 0.25) is 0 Å². The van der Waals surface area contributed by atoms with Gasteiger partial charge in [0.05, 0.1) is 42.2 Å². The summed E-state index contributed by atoms with van der Waals surface area (Å²) in [4.78, 5) is 51.3. The van der Waals surface area contributed by atoms with Crippen LogP contribution in [0.1, 0.15) is 52.6 Å². The molecule has 0 radical (unpaired) electrons. The first-order chi connectivity index (χ1) is 15.9. The third kappa shape index (κ3) is 4.10. The van der Waals surface area contributed by atoms with Gasteiger partial charge >= 0.3 is 11.9 Å². The summed E-state index contributed by atoms with van der Waals surface area (Å²) >= 11 is 0. The second-order valence-electron chi connectivity index (χ2n) is 7.07. The standard InChI is InChI=1S/C26H17NO6/c1-32-25(30)18-13-19(26(31)33-2)15-20(14-18)27-23(28)21-11-10-17(12-22(21)24(27)29)9-8-16-6-4-3-5-7-16/h3-7,10-15H,1-2H3. The lowest BCUT2D eigenvalue weighted by molar-refractivity contribution is 0.0598. The summed E-state index contributed by atoms with van der Waals surface area (Å²) in [6, 6.07) is 18.0. The maximum absolute atomic E-state index is 13.2. The van der Waals surface area contributed by atoms with E-state index in [0.29, 0.717) is 5.56 Å². The Labute approximate surface area is 189 Å². The zero-order chi connectivity index (χ0) is 23.5. The lowest BCUT2D eigenvalue weighted by atomic mass is 10.1. The number of methoxy groups -OCH3 is 2. The maximum Gasteiger partial charge on any atom is 0.337 e. The predicted molar refractivity (Wildman–Crippen MR) is 119 cm³/mol. The van der Waals surface area contributed by atoms with Crippen LogP contribution in [0.15, 0.2) is 66.7 Å². The molecule has 3 aromatic carbocycles. The topological polar surface area (TPSA) is 90.0 Å². The number of carbonyl (C=O) groups excluding carboxylic acids is 4. The number of hydrogen-bond donors (Lipinski definition) is 0. The van der Waals surface area contributed by atoms with E-state index in [4.69, 9.17) is 9.47 Å².